The van der Waals surface area contributed by atoms with Crippen LogP contribution in [-0.2, 0) is 6.54 Å². The molecule has 118 valence electrons. The molecule has 0 saturated heterocycles. The Labute approximate surface area is 125 Å². The topological polar surface area (TPSA) is 87.4 Å². The van der Waals surface area contributed by atoms with Crippen LogP contribution in [0, 0.1) is 12.8 Å². The Hall–Kier alpha value is -1.56. The average Bonchev–Trinajstić information content (AvgIpc) is 2.91. The first kappa shape index (κ1) is 15.8. The highest BCUT2D eigenvalue weighted by molar-refractivity contribution is 5.74. The molecule has 1 fully saturated rings. The van der Waals surface area contributed by atoms with Crippen molar-refractivity contribution in [3.8, 4) is 0 Å². The molecule has 0 aliphatic heterocycles. The van der Waals surface area contributed by atoms with Gasteiger partial charge < -0.3 is 20.2 Å². The van der Waals surface area contributed by atoms with Crippen LogP contribution < -0.4 is 10.6 Å². The van der Waals surface area contributed by atoms with Gasteiger partial charge in [-0.15, -0.1) is 0 Å². The van der Waals surface area contributed by atoms with Gasteiger partial charge in [-0.3, -0.25) is 0 Å². The van der Waals surface area contributed by atoms with Crippen LogP contribution in [0.2, 0.25) is 0 Å². The predicted octanol–water partition coefficient (Wildman–Crippen LogP) is 2.11. The van der Waals surface area contributed by atoms with Crippen molar-refractivity contribution in [2.24, 2.45) is 5.92 Å². The number of rotatable bonds is 6. The summed E-state index contributed by atoms with van der Waals surface area (Å²) in [5.74, 6) is 1.19. The van der Waals surface area contributed by atoms with Crippen molar-refractivity contribution in [2.45, 2.75) is 58.0 Å². The lowest BCUT2D eigenvalue weighted by molar-refractivity contribution is 0.196. The van der Waals surface area contributed by atoms with Gasteiger partial charge in [0.2, 0.25) is 0 Å². The van der Waals surface area contributed by atoms with Gasteiger partial charge in [0.15, 0.2) is 6.39 Å². The summed E-state index contributed by atoms with van der Waals surface area (Å²) in [5, 5.41) is 15.0. The first-order valence-electron chi connectivity index (χ1n) is 7.75. The van der Waals surface area contributed by atoms with E-state index in [1.807, 2.05) is 6.92 Å². The number of aryl methyl sites for hydroxylation is 1. The number of hydrogen-bond acceptors (Lipinski definition) is 4. The number of aliphatic hydroxyl groups excluding tert-OH is 1. The molecule has 3 N–H and O–H groups in total. The number of aromatic nitrogens is 1. The quantitative estimate of drug-likeness (QED) is 0.750. The van der Waals surface area contributed by atoms with Crippen LogP contribution in [0.4, 0.5) is 4.79 Å². The SMILES string of the molecule is Cc1ocnc1CNC(=O)NC(CCO)C1CCCCC1. The van der Waals surface area contributed by atoms with Crippen molar-refractivity contribution in [3.63, 3.8) is 0 Å². The number of aliphatic hydroxyl groups is 1. The number of oxazole rings is 1. The molecular weight excluding hydrogens is 270 g/mol. The van der Waals surface area contributed by atoms with Gasteiger partial charge in [-0.05, 0) is 32.1 Å². The molecule has 2 rings (SSSR count). The lowest BCUT2D eigenvalue weighted by atomic mass is 9.83. The Balaban J connectivity index is 1.81. The second-order valence-corrected chi connectivity index (χ2v) is 5.70. The maximum atomic E-state index is 12.0. The second kappa shape index (κ2) is 8.02. The van der Waals surface area contributed by atoms with Crippen LogP contribution in [-0.4, -0.2) is 28.8 Å². The maximum Gasteiger partial charge on any atom is 0.315 e. The Morgan fingerprint density at radius 2 is 2.24 bits per heavy atom. The summed E-state index contributed by atoms with van der Waals surface area (Å²) in [6.45, 7) is 2.27. The van der Waals surface area contributed by atoms with E-state index in [9.17, 15) is 9.90 Å². The Morgan fingerprint density at radius 1 is 1.48 bits per heavy atom. The molecule has 1 heterocycles. The minimum Gasteiger partial charge on any atom is -0.448 e. The highest BCUT2D eigenvalue weighted by Crippen LogP contribution is 2.27. The van der Waals surface area contributed by atoms with Crippen LogP contribution in [0.3, 0.4) is 0 Å². The molecule has 0 spiro atoms. The first-order chi connectivity index (χ1) is 10.2. The Kier molecular flexibility index (Phi) is 6.04. The van der Waals surface area contributed by atoms with Gasteiger partial charge in [0, 0.05) is 12.6 Å². The first-order valence-corrected chi connectivity index (χ1v) is 7.75. The molecule has 0 aromatic carbocycles. The largest absolute Gasteiger partial charge is 0.448 e. The summed E-state index contributed by atoms with van der Waals surface area (Å²) >= 11 is 0. The number of hydrogen-bond donors (Lipinski definition) is 3. The van der Waals surface area contributed by atoms with Gasteiger partial charge in [-0.1, -0.05) is 19.3 Å². The smallest absolute Gasteiger partial charge is 0.315 e. The van der Waals surface area contributed by atoms with Gasteiger partial charge in [0.05, 0.1) is 6.54 Å². The molecule has 6 nitrogen and oxygen atoms in total. The van der Waals surface area contributed by atoms with Crippen LogP contribution in [0.25, 0.3) is 0 Å². The highest BCUT2D eigenvalue weighted by Gasteiger charge is 2.24. The van der Waals surface area contributed by atoms with Gasteiger partial charge in [0.1, 0.15) is 11.5 Å². The third-order valence-corrected chi connectivity index (χ3v) is 4.24. The van der Waals surface area contributed by atoms with Crippen LogP contribution in [0.1, 0.15) is 50.0 Å². The second-order valence-electron chi connectivity index (χ2n) is 5.70. The minimum atomic E-state index is -0.207. The molecule has 6 heteroatoms. The average molecular weight is 295 g/mol. The fraction of sp³-hybridized carbons (Fsp3) is 0.733. The van der Waals surface area contributed by atoms with Crippen molar-refractivity contribution in [2.75, 3.05) is 6.61 Å². The summed E-state index contributed by atoms with van der Waals surface area (Å²) in [5.41, 5.74) is 0.738. The third-order valence-electron chi connectivity index (χ3n) is 4.24. The van der Waals surface area contributed by atoms with E-state index >= 15 is 0 Å². The molecule has 1 unspecified atom stereocenters. The Morgan fingerprint density at radius 3 is 2.86 bits per heavy atom. The van der Waals surface area contributed by atoms with E-state index in [4.69, 9.17) is 4.42 Å². The van der Waals surface area contributed by atoms with Gasteiger partial charge in [0.25, 0.3) is 0 Å². The van der Waals surface area contributed by atoms with Gasteiger partial charge in [-0.25, -0.2) is 9.78 Å². The van der Waals surface area contributed by atoms with E-state index in [0.29, 0.717) is 18.9 Å². The molecule has 0 bridgehead atoms. The normalized spacial score (nSPS) is 17.4. The number of nitrogens with zero attached hydrogens (tertiary/aromatic N) is 1. The molecule has 1 aromatic heterocycles. The number of amides is 2. The monoisotopic (exact) mass is 295 g/mol. The number of carbonyl (C=O) groups excluding carboxylic acids is 1. The molecule has 1 aromatic rings. The van der Waals surface area contributed by atoms with Crippen molar-refractivity contribution in [1.29, 1.82) is 0 Å². The molecule has 2 amide bonds. The summed E-state index contributed by atoms with van der Waals surface area (Å²) in [6.07, 6.45) is 7.96. The van der Waals surface area contributed by atoms with Crippen molar-refractivity contribution >= 4 is 6.03 Å². The van der Waals surface area contributed by atoms with E-state index in [0.717, 1.165) is 24.3 Å². The van der Waals surface area contributed by atoms with E-state index in [2.05, 4.69) is 15.6 Å². The third kappa shape index (κ3) is 4.74. The molecular formula is C15H25N3O3. The molecule has 21 heavy (non-hydrogen) atoms. The zero-order valence-electron chi connectivity index (χ0n) is 12.6. The number of urea groups is 1. The van der Waals surface area contributed by atoms with Crippen LogP contribution in [0.15, 0.2) is 10.8 Å². The molecule has 0 radical (unpaired) electrons. The van der Waals surface area contributed by atoms with Crippen molar-refractivity contribution in [1.82, 2.24) is 15.6 Å². The summed E-state index contributed by atoms with van der Waals surface area (Å²) in [4.78, 5) is 16.1. The summed E-state index contributed by atoms with van der Waals surface area (Å²) < 4.78 is 5.10. The highest BCUT2D eigenvalue weighted by atomic mass is 16.3. The fourth-order valence-electron chi connectivity index (χ4n) is 2.98. The van der Waals surface area contributed by atoms with E-state index < -0.39 is 0 Å². The van der Waals surface area contributed by atoms with E-state index in [-0.39, 0.29) is 18.7 Å². The summed E-state index contributed by atoms with van der Waals surface area (Å²) in [7, 11) is 0. The summed E-state index contributed by atoms with van der Waals surface area (Å²) in [6, 6.07) is -0.157. The molecule has 1 aliphatic rings. The van der Waals surface area contributed by atoms with Gasteiger partial charge in [-0.2, -0.15) is 0 Å². The zero-order valence-corrected chi connectivity index (χ0v) is 12.6. The molecule has 1 atom stereocenters. The Bertz CT molecular complexity index is 441. The number of carbonyl (C=O) groups is 1. The van der Waals surface area contributed by atoms with E-state index in [1.54, 1.807) is 0 Å². The molecule has 1 aliphatic carbocycles. The van der Waals surface area contributed by atoms with Gasteiger partial charge >= 0.3 is 6.03 Å². The lowest BCUT2D eigenvalue weighted by Gasteiger charge is -2.30. The standard InChI is InChI=1S/C15H25N3O3/c1-11-14(17-10-21-11)9-16-15(20)18-13(7-8-19)12-5-3-2-4-6-12/h10,12-13,19H,2-9H2,1H3,(H2,16,18,20). The van der Waals surface area contributed by atoms with Crippen molar-refractivity contribution < 1.29 is 14.3 Å². The lowest BCUT2D eigenvalue weighted by Crippen LogP contribution is -2.46. The maximum absolute atomic E-state index is 12.0. The van der Waals surface area contributed by atoms with E-state index in [1.165, 1.54) is 25.7 Å². The fourth-order valence-corrected chi connectivity index (χ4v) is 2.98. The van der Waals surface area contributed by atoms with Crippen LogP contribution >= 0.6 is 0 Å². The molecule has 1 saturated carbocycles. The predicted molar refractivity (Wildman–Crippen MR) is 78.7 cm³/mol. The van der Waals surface area contributed by atoms with Crippen molar-refractivity contribution in [3.05, 3.63) is 17.8 Å². The number of nitrogens with one attached hydrogen (secondary N) is 2. The van der Waals surface area contributed by atoms with Crippen LogP contribution in [0.5, 0.6) is 0 Å². The minimum absolute atomic E-state index is 0.0497. The zero-order chi connectivity index (χ0) is 15.1.